The highest BCUT2D eigenvalue weighted by molar-refractivity contribution is 5.69. The molecule has 0 aliphatic carbocycles. The molecule has 1 atom stereocenters. The van der Waals surface area contributed by atoms with E-state index in [9.17, 15) is 4.79 Å². The van der Waals surface area contributed by atoms with Crippen molar-refractivity contribution in [1.29, 1.82) is 0 Å². The van der Waals surface area contributed by atoms with Crippen LogP contribution in [0.2, 0.25) is 0 Å². The number of carbonyl (C=O) groups is 1. The fourth-order valence-corrected chi connectivity index (χ4v) is 4.42. The van der Waals surface area contributed by atoms with Crippen LogP contribution in [-0.2, 0) is 11.4 Å². The lowest BCUT2D eigenvalue weighted by molar-refractivity contribution is -0.137. The van der Waals surface area contributed by atoms with E-state index in [1.165, 1.54) is 11.4 Å². The Morgan fingerprint density at radius 2 is 1.56 bits per heavy atom. The number of benzene rings is 3. The molecule has 4 rings (SSSR count). The maximum absolute atomic E-state index is 11.1. The highest BCUT2D eigenvalue weighted by atomic mass is 16.5. The van der Waals surface area contributed by atoms with Gasteiger partial charge in [0.25, 0.3) is 0 Å². The van der Waals surface area contributed by atoms with Crippen molar-refractivity contribution in [2.45, 2.75) is 25.9 Å². The third kappa shape index (κ3) is 6.51. The van der Waals surface area contributed by atoms with Gasteiger partial charge >= 0.3 is 5.97 Å². The average Bonchev–Trinajstić information content (AvgIpc) is 2.92. The summed E-state index contributed by atoms with van der Waals surface area (Å²) in [5, 5.41) is 9.13. The fraction of sp³-hybridized carbons (Fsp3) is 0.300. The molecule has 1 aliphatic heterocycles. The molecule has 6 nitrogen and oxygen atoms in total. The molecule has 3 aromatic carbocycles. The first-order valence-electron chi connectivity index (χ1n) is 12.2. The van der Waals surface area contributed by atoms with Crippen molar-refractivity contribution in [1.82, 2.24) is 0 Å². The van der Waals surface area contributed by atoms with E-state index < -0.39 is 5.97 Å². The van der Waals surface area contributed by atoms with Gasteiger partial charge < -0.3 is 24.4 Å². The Morgan fingerprint density at radius 3 is 2.17 bits per heavy atom. The third-order valence-electron chi connectivity index (χ3n) is 6.38. The molecule has 0 saturated carbocycles. The molecular weight excluding hydrogens is 452 g/mol. The maximum Gasteiger partial charge on any atom is 0.304 e. The predicted octanol–water partition coefficient (Wildman–Crippen LogP) is 5.18. The summed E-state index contributed by atoms with van der Waals surface area (Å²) in [6.07, 6.45) is -0.0117. The van der Waals surface area contributed by atoms with Gasteiger partial charge in [0.05, 0.1) is 19.4 Å². The Hall–Kier alpha value is -4.11. The second kappa shape index (κ2) is 12.0. The second-order valence-corrected chi connectivity index (χ2v) is 8.74. The summed E-state index contributed by atoms with van der Waals surface area (Å²) in [6.45, 7) is 6.02. The summed E-state index contributed by atoms with van der Waals surface area (Å²) in [5.74, 6) is 6.25. The number of hydrogen-bond donors (Lipinski definition) is 1. The van der Waals surface area contributed by atoms with Gasteiger partial charge in [-0.05, 0) is 66.6 Å². The first kappa shape index (κ1) is 25.0. The van der Waals surface area contributed by atoms with Gasteiger partial charge in [-0.15, -0.1) is 5.92 Å². The van der Waals surface area contributed by atoms with Gasteiger partial charge in [-0.3, -0.25) is 4.79 Å². The molecule has 0 bridgehead atoms. The van der Waals surface area contributed by atoms with Crippen LogP contribution in [0.5, 0.6) is 11.5 Å². The molecule has 6 heteroatoms. The number of aliphatic carboxylic acids is 1. The summed E-state index contributed by atoms with van der Waals surface area (Å²) in [7, 11) is 1.69. The number of piperazine rings is 1. The zero-order valence-corrected chi connectivity index (χ0v) is 20.8. The molecule has 1 heterocycles. The van der Waals surface area contributed by atoms with Crippen molar-refractivity contribution in [3.8, 4) is 23.3 Å². The van der Waals surface area contributed by atoms with Crippen molar-refractivity contribution in [2.75, 3.05) is 43.1 Å². The summed E-state index contributed by atoms with van der Waals surface area (Å²) in [4.78, 5) is 15.9. The predicted molar refractivity (Wildman–Crippen MR) is 143 cm³/mol. The number of ether oxygens (including phenoxy) is 2. The molecule has 0 amide bonds. The molecule has 0 radical (unpaired) electrons. The lowest BCUT2D eigenvalue weighted by Crippen LogP contribution is -2.46. The minimum atomic E-state index is -0.856. The Morgan fingerprint density at radius 1 is 0.917 bits per heavy atom. The van der Waals surface area contributed by atoms with Crippen molar-refractivity contribution in [2.24, 2.45) is 0 Å². The second-order valence-electron chi connectivity index (χ2n) is 8.74. The molecule has 186 valence electrons. The number of carboxylic acids is 1. The fourth-order valence-electron chi connectivity index (χ4n) is 4.42. The zero-order valence-electron chi connectivity index (χ0n) is 20.8. The highest BCUT2D eigenvalue weighted by Gasteiger charge is 2.18. The van der Waals surface area contributed by atoms with Crippen LogP contribution >= 0.6 is 0 Å². The smallest absolute Gasteiger partial charge is 0.304 e. The summed E-state index contributed by atoms with van der Waals surface area (Å²) in [5.41, 5.74) is 4.42. The Labute approximate surface area is 213 Å². The first-order chi connectivity index (χ1) is 17.6. The molecule has 1 fully saturated rings. The van der Waals surface area contributed by atoms with Crippen LogP contribution in [0.1, 0.15) is 30.4 Å². The Bertz CT molecular complexity index is 1200. The van der Waals surface area contributed by atoms with E-state index in [-0.39, 0.29) is 12.3 Å². The quantitative estimate of drug-likeness (QED) is 0.422. The van der Waals surface area contributed by atoms with E-state index in [0.717, 1.165) is 48.8 Å². The van der Waals surface area contributed by atoms with Crippen LogP contribution < -0.4 is 19.3 Å². The third-order valence-corrected chi connectivity index (χ3v) is 6.38. The molecule has 1 N–H and O–H groups in total. The summed E-state index contributed by atoms with van der Waals surface area (Å²) < 4.78 is 11.3. The van der Waals surface area contributed by atoms with E-state index in [0.29, 0.717) is 6.61 Å². The highest BCUT2D eigenvalue weighted by Crippen LogP contribution is 2.25. The van der Waals surface area contributed by atoms with Crippen LogP contribution in [0, 0.1) is 11.8 Å². The number of nitrogens with zero attached hydrogens (tertiary/aromatic N) is 2. The van der Waals surface area contributed by atoms with Gasteiger partial charge in [0.1, 0.15) is 18.1 Å². The average molecular weight is 485 g/mol. The molecule has 0 unspecified atom stereocenters. The van der Waals surface area contributed by atoms with E-state index in [4.69, 9.17) is 14.6 Å². The van der Waals surface area contributed by atoms with E-state index in [1.54, 1.807) is 14.0 Å². The largest absolute Gasteiger partial charge is 0.497 e. The number of hydrogen-bond acceptors (Lipinski definition) is 5. The van der Waals surface area contributed by atoms with Crippen molar-refractivity contribution >= 4 is 17.3 Å². The van der Waals surface area contributed by atoms with Gasteiger partial charge in [0.15, 0.2) is 0 Å². The summed E-state index contributed by atoms with van der Waals surface area (Å²) >= 11 is 0. The Balaban J connectivity index is 1.32. The van der Waals surface area contributed by atoms with Gasteiger partial charge in [-0.1, -0.05) is 30.2 Å². The van der Waals surface area contributed by atoms with Crippen LogP contribution in [0.15, 0.2) is 72.8 Å². The van der Waals surface area contributed by atoms with Gasteiger partial charge in [0.2, 0.25) is 0 Å². The van der Waals surface area contributed by atoms with Gasteiger partial charge in [0, 0.05) is 37.6 Å². The van der Waals surface area contributed by atoms with E-state index >= 15 is 0 Å². The SMILES string of the molecule is CC#C[C@@H](CC(=O)O)c1ccc(OCc2cccc(N3CCN(c4ccc(OC)cc4)CC3)c2)cc1. The molecular formula is C30H32N2O4. The summed E-state index contributed by atoms with van der Waals surface area (Å²) in [6, 6.07) is 24.3. The topological polar surface area (TPSA) is 62.2 Å². The zero-order chi connectivity index (χ0) is 25.3. The van der Waals surface area contributed by atoms with Crippen LogP contribution in [0.3, 0.4) is 0 Å². The first-order valence-corrected chi connectivity index (χ1v) is 12.2. The normalized spacial score (nSPS) is 13.9. The number of anilines is 2. The van der Waals surface area contributed by atoms with Crippen LogP contribution in [0.25, 0.3) is 0 Å². The molecule has 3 aromatic rings. The van der Waals surface area contributed by atoms with Crippen molar-refractivity contribution < 1.29 is 19.4 Å². The maximum atomic E-state index is 11.1. The standard InChI is InChI=1S/C30H32N2O4/c1-3-5-25(21-30(33)34)24-8-12-29(13-9-24)36-22-23-6-4-7-27(20-23)32-18-16-31(17-19-32)26-10-14-28(35-2)15-11-26/h4,6-15,20,25H,16-19,21-22H2,1-2H3,(H,33,34)/t25-/m0/s1. The van der Waals surface area contributed by atoms with E-state index in [2.05, 4.69) is 58.0 Å². The minimum absolute atomic E-state index is 0.0117. The minimum Gasteiger partial charge on any atom is -0.497 e. The lowest BCUT2D eigenvalue weighted by atomic mass is 9.96. The molecule has 0 aromatic heterocycles. The molecule has 36 heavy (non-hydrogen) atoms. The van der Waals surface area contributed by atoms with E-state index in [1.807, 2.05) is 36.4 Å². The molecule has 1 saturated heterocycles. The number of carboxylic acid groups (broad SMARTS) is 1. The van der Waals surface area contributed by atoms with Crippen molar-refractivity contribution in [3.05, 3.63) is 83.9 Å². The lowest BCUT2D eigenvalue weighted by Gasteiger charge is -2.37. The van der Waals surface area contributed by atoms with Crippen molar-refractivity contribution in [3.63, 3.8) is 0 Å². The molecule has 0 spiro atoms. The van der Waals surface area contributed by atoms with Crippen LogP contribution in [-0.4, -0.2) is 44.4 Å². The Kier molecular flexibility index (Phi) is 8.36. The molecule has 1 aliphatic rings. The van der Waals surface area contributed by atoms with Gasteiger partial charge in [-0.2, -0.15) is 0 Å². The van der Waals surface area contributed by atoms with Gasteiger partial charge in [-0.25, -0.2) is 0 Å². The monoisotopic (exact) mass is 484 g/mol. The number of rotatable bonds is 9. The number of methoxy groups -OCH3 is 1. The van der Waals surface area contributed by atoms with Crippen LogP contribution in [0.4, 0.5) is 11.4 Å².